The molecule has 6 nitrogen and oxygen atoms in total. The molecule has 0 amide bonds. The second-order valence-electron chi connectivity index (χ2n) is 5.77. The zero-order valence-corrected chi connectivity index (χ0v) is 13.4. The number of para-hydroxylation sites is 1. The number of nitrogens with zero attached hydrogens (tertiary/aromatic N) is 2. The van der Waals surface area contributed by atoms with E-state index in [0.717, 1.165) is 5.56 Å². The zero-order chi connectivity index (χ0) is 18.1. The number of allylic oxidation sites excluding steroid dienone is 1. The number of carbonyl (C=O) groups is 1. The van der Waals surface area contributed by atoms with Crippen LogP contribution in [0.2, 0.25) is 0 Å². The normalized spacial score (nSPS) is 16.1. The monoisotopic (exact) mass is 352 g/mol. The number of halogens is 1. The molecule has 0 spiro atoms. The molecule has 1 N–H and O–H groups in total. The van der Waals surface area contributed by atoms with Gasteiger partial charge in [-0.1, -0.05) is 30.3 Å². The molecule has 4 rings (SSSR count). The van der Waals surface area contributed by atoms with Crippen LogP contribution >= 0.6 is 0 Å². The van der Waals surface area contributed by atoms with E-state index in [0.29, 0.717) is 24.0 Å². The van der Waals surface area contributed by atoms with E-state index in [9.17, 15) is 14.3 Å². The molecule has 0 bridgehead atoms. The molecular formula is C19H13FN2O4. The van der Waals surface area contributed by atoms with Crippen LogP contribution < -0.4 is 4.74 Å². The first-order valence-corrected chi connectivity index (χ1v) is 7.88. The number of rotatable bonds is 4. The third-order valence-corrected chi connectivity index (χ3v) is 4.06. The number of carbonyl (C=O) groups excluding carboxylic acids is 1. The van der Waals surface area contributed by atoms with Gasteiger partial charge in [-0.15, -0.1) is 10.2 Å². The number of hydrogen-bond donors (Lipinski definition) is 1. The molecule has 130 valence electrons. The summed E-state index contributed by atoms with van der Waals surface area (Å²) in [6, 6.07) is 12.8. The smallest absolute Gasteiger partial charge is 0.287 e. The Bertz CT molecular complexity index is 995. The molecular weight excluding hydrogens is 339 g/mol. The Balaban J connectivity index is 1.64. The number of aldehydes is 1. The van der Waals surface area contributed by atoms with Crippen molar-refractivity contribution in [1.82, 2.24) is 10.2 Å². The van der Waals surface area contributed by atoms with Crippen LogP contribution in [0.25, 0.3) is 5.76 Å². The molecule has 1 atom stereocenters. The van der Waals surface area contributed by atoms with Gasteiger partial charge in [-0.2, -0.15) is 0 Å². The molecule has 0 fully saturated rings. The average molecular weight is 352 g/mol. The van der Waals surface area contributed by atoms with Crippen LogP contribution in [0.15, 0.2) is 58.7 Å². The highest BCUT2D eigenvalue weighted by Crippen LogP contribution is 2.39. The van der Waals surface area contributed by atoms with Crippen molar-refractivity contribution in [2.75, 3.05) is 0 Å². The summed E-state index contributed by atoms with van der Waals surface area (Å²) in [5, 5.41) is 18.2. The molecule has 1 unspecified atom stereocenters. The second-order valence-corrected chi connectivity index (χ2v) is 5.77. The van der Waals surface area contributed by atoms with E-state index in [4.69, 9.17) is 9.15 Å². The van der Waals surface area contributed by atoms with Crippen molar-refractivity contribution in [3.8, 4) is 5.75 Å². The molecule has 2 aromatic carbocycles. The van der Waals surface area contributed by atoms with Crippen LogP contribution in [0, 0.1) is 5.82 Å². The maximum absolute atomic E-state index is 13.0. The van der Waals surface area contributed by atoms with Gasteiger partial charge in [-0.3, -0.25) is 0 Å². The largest absolute Gasteiger partial charge is 0.507 e. The second kappa shape index (κ2) is 6.44. The lowest BCUT2D eigenvalue weighted by molar-refractivity contribution is -0.109. The van der Waals surface area contributed by atoms with Crippen molar-refractivity contribution in [3.63, 3.8) is 0 Å². The Morgan fingerprint density at radius 1 is 1.12 bits per heavy atom. The Hall–Kier alpha value is -3.48. The number of ether oxygens (including phenoxy) is 1. The lowest BCUT2D eigenvalue weighted by atomic mass is 9.95. The zero-order valence-electron chi connectivity index (χ0n) is 13.4. The highest BCUT2D eigenvalue weighted by molar-refractivity contribution is 5.76. The summed E-state index contributed by atoms with van der Waals surface area (Å²) < 4.78 is 24.2. The molecule has 1 aliphatic heterocycles. The van der Waals surface area contributed by atoms with Crippen molar-refractivity contribution in [2.24, 2.45) is 0 Å². The van der Waals surface area contributed by atoms with Gasteiger partial charge in [0, 0.05) is 5.56 Å². The molecule has 0 saturated heterocycles. The van der Waals surface area contributed by atoms with E-state index >= 15 is 0 Å². The Kier molecular flexibility index (Phi) is 3.96. The van der Waals surface area contributed by atoms with Crippen molar-refractivity contribution in [3.05, 3.63) is 83.0 Å². The van der Waals surface area contributed by atoms with E-state index in [1.165, 1.54) is 12.1 Å². The molecule has 0 saturated carbocycles. The van der Waals surface area contributed by atoms with Crippen molar-refractivity contribution in [2.45, 2.75) is 12.3 Å². The van der Waals surface area contributed by atoms with Crippen molar-refractivity contribution in [1.29, 1.82) is 0 Å². The topological polar surface area (TPSA) is 85.5 Å². The van der Waals surface area contributed by atoms with Gasteiger partial charge in [0.2, 0.25) is 11.6 Å². The minimum Gasteiger partial charge on any atom is -0.507 e. The fourth-order valence-electron chi connectivity index (χ4n) is 2.77. The van der Waals surface area contributed by atoms with Crippen LogP contribution in [-0.4, -0.2) is 21.6 Å². The van der Waals surface area contributed by atoms with Crippen LogP contribution in [0.5, 0.6) is 5.75 Å². The lowest BCUT2D eigenvalue weighted by Gasteiger charge is -2.22. The summed E-state index contributed by atoms with van der Waals surface area (Å²) in [5.41, 5.74) is 1.36. The quantitative estimate of drug-likeness (QED) is 0.725. The molecule has 0 aliphatic carbocycles. The number of aliphatic hydroxyl groups excluding tert-OH is 1. The first kappa shape index (κ1) is 16.0. The Labute approximate surface area is 147 Å². The number of fused-ring (bicyclic) bond motifs is 1. The molecule has 2 heterocycles. The van der Waals surface area contributed by atoms with E-state index in [1.54, 1.807) is 36.4 Å². The molecule has 3 aromatic rings. The Morgan fingerprint density at radius 2 is 1.88 bits per heavy atom. The van der Waals surface area contributed by atoms with Crippen LogP contribution in [-0.2, 0) is 11.2 Å². The van der Waals surface area contributed by atoms with Crippen molar-refractivity contribution >= 4 is 12.0 Å². The summed E-state index contributed by atoms with van der Waals surface area (Å²) in [4.78, 5) is 11.4. The number of benzene rings is 2. The van der Waals surface area contributed by atoms with Crippen molar-refractivity contribution < 1.29 is 23.4 Å². The predicted octanol–water partition coefficient (Wildman–Crippen LogP) is 3.40. The summed E-state index contributed by atoms with van der Waals surface area (Å²) in [6.45, 7) is 0. The maximum atomic E-state index is 13.0. The van der Waals surface area contributed by atoms with Gasteiger partial charge in [0.1, 0.15) is 23.8 Å². The van der Waals surface area contributed by atoms with Gasteiger partial charge < -0.3 is 19.1 Å². The summed E-state index contributed by atoms with van der Waals surface area (Å²) in [5.74, 6) is -0.824. The summed E-state index contributed by atoms with van der Waals surface area (Å²) in [6.07, 6.45) is 0.932. The molecule has 7 heteroatoms. The minimum absolute atomic E-state index is 0.0269. The van der Waals surface area contributed by atoms with Gasteiger partial charge in [-0.25, -0.2) is 4.39 Å². The van der Waals surface area contributed by atoms with Crippen LogP contribution in [0.4, 0.5) is 4.39 Å². The van der Waals surface area contributed by atoms with Gasteiger partial charge in [0.15, 0.2) is 5.76 Å². The fraction of sp³-hybridized carbons (Fsp3) is 0.105. The average Bonchev–Trinajstić information content (AvgIpc) is 3.11. The highest BCUT2D eigenvalue weighted by atomic mass is 19.1. The minimum atomic E-state index is -0.859. The van der Waals surface area contributed by atoms with E-state index in [2.05, 4.69) is 10.2 Å². The van der Waals surface area contributed by atoms with E-state index in [-0.39, 0.29) is 29.1 Å². The first-order valence-electron chi connectivity index (χ1n) is 7.88. The van der Waals surface area contributed by atoms with E-state index in [1.807, 2.05) is 0 Å². The number of hydrogen-bond acceptors (Lipinski definition) is 6. The third-order valence-electron chi connectivity index (χ3n) is 4.06. The van der Waals surface area contributed by atoms with E-state index < -0.39 is 5.92 Å². The molecule has 0 radical (unpaired) electrons. The molecule has 26 heavy (non-hydrogen) atoms. The first-order chi connectivity index (χ1) is 12.7. The summed E-state index contributed by atoms with van der Waals surface area (Å²) >= 11 is 0. The highest BCUT2D eigenvalue weighted by Gasteiger charge is 2.32. The number of aromatic nitrogens is 2. The van der Waals surface area contributed by atoms with Gasteiger partial charge in [0.25, 0.3) is 5.89 Å². The molecule has 1 aromatic heterocycles. The lowest BCUT2D eigenvalue weighted by Crippen LogP contribution is -2.16. The number of aliphatic hydroxyl groups is 1. The predicted molar refractivity (Wildman–Crippen MR) is 88.9 cm³/mol. The van der Waals surface area contributed by atoms with Gasteiger partial charge in [-0.05, 0) is 23.8 Å². The van der Waals surface area contributed by atoms with Gasteiger partial charge >= 0.3 is 0 Å². The van der Waals surface area contributed by atoms with Crippen LogP contribution in [0.3, 0.4) is 0 Å². The summed E-state index contributed by atoms with van der Waals surface area (Å²) in [7, 11) is 0. The molecule has 1 aliphatic rings. The van der Waals surface area contributed by atoms with Gasteiger partial charge in [0.05, 0.1) is 6.42 Å². The van der Waals surface area contributed by atoms with Crippen LogP contribution in [0.1, 0.15) is 28.8 Å². The third kappa shape index (κ3) is 2.83. The maximum Gasteiger partial charge on any atom is 0.287 e. The standard InChI is InChI=1S/C19H13FN2O4/c20-12-7-5-11(6-8-12)9-16-21-22-19(26-16)18-17(24)14(10-23)13-3-1-2-4-15(13)25-18/h1-8,10,14,24H,9H2. The Morgan fingerprint density at radius 3 is 2.65 bits per heavy atom. The SMILES string of the molecule is O=CC1C(O)=C(c2nnc(Cc3ccc(F)cc3)o2)Oc2ccccc21. The fourth-order valence-corrected chi connectivity index (χ4v) is 2.77.